The first-order valence-electron chi connectivity index (χ1n) is 7.91. The van der Waals surface area contributed by atoms with Crippen molar-refractivity contribution in [3.63, 3.8) is 0 Å². The van der Waals surface area contributed by atoms with E-state index in [0.717, 1.165) is 19.3 Å². The van der Waals surface area contributed by atoms with E-state index in [1.165, 1.54) is 12.3 Å². The van der Waals surface area contributed by atoms with E-state index in [1.54, 1.807) is 11.9 Å². The molecule has 1 heterocycles. The molecule has 0 aromatic carbocycles. The Bertz CT molecular complexity index is 586. The van der Waals surface area contributed by atoms with E-state index in [0.29, 0.717) is 18.8 Å². The van der Waals surface area contributed by atoms with Crippen molar-refractivity contribution in [2.75, 3.05) is 26.0 Å². The van der Waals surface area contributed by atoms with Crippen molar-refractivity contribution in [1.82, 2.24) is 9.88 Å². The number of hydrogen-bond acceptors (Lipinski definition) is 4. The van der Waals surface area contributed by atoms with Crippen LogP contribution in [0.1, 0.15) is 38.8 Å². The van der Waals surface area contributed by atoms with Crippen LogP contribution in [-0.2, 0) is 21.3 Å². The first kappa shape index (κ1) is 19.4. The fraction of sp³-hybridized carbons (Fsp3) is 0.625. The largest absolute Gasteiger partial charge is 0.488 e. The lowest BCUT2D eigenvalue weighted by atomic mass is 10.3. The zero-order chi connectivity index (χ0) is 17.2. The first-order chi connectivity index (χ1) is 11.0. The highest BCUT2D eigenvalue weighted by atomic mass is 32.2. The second kappa shape index (κ2) is 10.2. The third-order valence-electron chi connectivity index (χ3n) is 3.27. The topological polar surface area (TPSA) is 79.5 Å². The number of carbonyl (C=O) groups is 1. The Kier molecular flexibility index (Phi) is 8.61. The molecule has 1 N–H and O–H groups in total. The quantitative estimate of drug-likeness (QED) is 0.701. The number of amides is 1. The van der Waals surface area contributed by atoms with Gasteiger partial charge in [-0.05, 0) is 12.8 Å². The SMILES string of the molecule is CCCCN(C)C(=O)CS(=O)Cc1cc(=O)c(OCCC)c[nH]1. The summed E-state index contributed by atoms with van der Waals surface area (Å²) in [5.41, 5.74) is 0.303. The summed E-state index contributed by atoms with van der Waals surface area (Å²) in [6.07, 6.45) is 4.24. The summed E-state index contributed by atoms with van der Waals surface area (Å²) >= 11 is 0. The Labute approximate surface area is 139 Å². The maximum atomic E-state index is 12.1. The van der Waals surface area contributed by atoms with Gasteiger partial charge in [-0.2, -0.15) is 0 Å². The number of ether oxygens (including phenoxy) is 1. The number of aromatic amines is 1. The van der Waals surface area contributed by atoms with E-state index in [-0.39, 0.29) is 28.6 Å². The van der Waals surface area contributed by atoms with Gasteiger partial charge in [-0.15, -0.1) is 0 Å². The Balaban J connectivity index is 2.55. The first-order valence-corrected chi connectivity index (χ1v) is 9.40. The van der Waals surface area contributed by atoms with Crippen molar-refractivity contribution >= 4 is 16.7 Å². The van der Waals surface area contributed by atoms with Crippen LogP contribution < -0.4 is 10.2 Å². The van der Waals surface area contributed by atoms with Crippen LogP contribution in [0.4, 0.5) is 0 Å². The van der Waals surface area contributed by atoms with Crippen LogP contribution in [-0.4, -0.2) is 46.0 Å². The minimum atomic E-state index is -1.35. The van der Waals surface area contributed by atoms with E-state index in [2.05, 4.69) is 11.9 Å². The van der Waals surface area contributed by atoms with Gasteiger partial charge in [0.15, 0.2) is 5.75 Å². The number of carbonyl (C=O) groups excluding carboxylic acids is 1. The fourth-order valence-corrected chi connectivity index (χ4v) is 3.01. The normalized spacial score (nSPS) is 12.0. The van der Waals surface area contributed by atoms with Gasteiger partial charge in [0.25, 0.3) is 0 Å². The summed E-state index contributed by atoms with van der Waals surface area (Å²) in [6, 6.07) is 1.38. The van der Waals surface area contributed by atoms with Crippen LogP contribution >= 0.6 is 0 Å². The maximum Gasteiger partial charge on any atom is 0.234 e. The van der Waals surface area contributed by atoms with Crippen LogP contribution in [0.3, 0.4) is 0 Å². The van der Waals surface area contributed by atoms with E-state index >= 15 is 0 Å². The predicted molar refractivity (Wildman–Crippen MR) is 92.1 cm³/mol. The highest BCUT2D eigenvalue weighted by Crippen LogP contribution is 2.05. The Hall–Kier alpha value is -1.63. The van der Waals surface area contributed by atoms with E-state index in [4.69, 9.17) is 4.74 Å². The Morgan fingerprint density at radius 1 is 1.35 bits per heavy atom. The van der Waals surface area contributed by atoms with Gasteiger partial charge in [0.2, 0.25) is 11.3 Å². The number of hydrogen-bond donors (Lipinski definition) is 1. The van der Waals surface area contributed by atoms with E-state index in [9.17, 15) is 13.8 Å². The van der Waals surface area contributed by atoms with Gasteiger partial charge >= 0.3 is 0 Å². The van der Waals surface area contributed by atoms with Gasteiger partial charge in [-0.3, -0.25) is 13.8 Å². The predicted octanol–water partition coefficient (Wildman–Crippen LogP) is 1.67. The van der Waals surface area contributed by atoms with Crippen LogP contribution in [0, 0.1) is 0 Å². The van der Waals surface area contributed by atoms with E-state index < -0.39 is 10.8 Å². The van der Waals surface area contributed by atoms with Gasteiger partial charge in [-0.1, -0.05) is 20.3 Å². The number of aromatic nitrogens is 1. The van der Waals surface area contributed by atoms with Crippen molar-refractivity contribution < 1.29 is 13.7 Å². The minimum absolute atomic E-state index is 0.0314. The average Bonchev–Trinajstić information content (AvgIpc) is 2.51. The number of nitrogens with one attached hydrogen (secondary N) is 1. The number of nitrogens with zero attached hydrogens (tertiary/aromatic N) is 1. The molecule has 0 aliphatic rings. The molecule has 0 fully saturated rings. The number of rotatable bonds is 10. The van der Waals surface area contributed by atoms with E-state index in [1.807, 2.05) is 6.92 Å². The molecule has 6 nitrogen and oxygen atoms in total. The lowest BCUT2D eigenvalue weighted by Gasteiger charge is -2.16. The van der Waals surface area contributed by atoms with Crippen LogP contribution in [0.15, 0.2) is 17.1 Å². The third-order valence-corrected chi connectivity index (χ3v) is 4.47. The van der Waals surface area contributed by atoms with Gasteiger partial charge in [0, 0.05) is 42.3 Å². The smallest absolute Gasteiger partial charge is 0.234 e. The van der Waals surface area contributed by atoms with Crippen LogP contribution in [0.2, 0.25) is 0 Å². The summed E-state index contributed by atoms with van der Waals surface area (Å²) < 4.78 is 17.4. The van der Waals surface area contributed by atoms with Gasteiger partial charge in [0.1, 0.15) is 5.75 Å². The highest BCUT2D eigenvalue weighted by molar-refractivity contribution is 7.84. The van der Waals surface area contributed by atoms with Gasteiger partial charge in [-0.25, -0.2) is 0 Å². The number of pyridine rings is 1. The molecule has 1 aromatic heterocycles. The summed E-state index contributed by atoms with van der Waals surface area (Å²) in [5, 5.41) is 0. The monoisotopic (exact) mass is 342 g/mol. The molecular weight excluding hydrogens is 316 g/mol. The molecule has 130 valence electrons. The summed E-state index contributed by atoms with van der Waals surface area (Å²) in [4.78, 5) is 28.3. The Morgan fingerprint density at radius 3 is 2.70 bits per heavy atom. The maximum absolute atomic E-state index is 12.1. The molecular formula is C16H26N2O4S. The van der Waals surface area contributed by atoms with Crippen LogP contribution in [0.5, 0.6) is 5.75 Å². The molecule has 1 atom stereocenters. The lowest BCUT2D eigenvalue weighted by Crippen LogP contribution is -2.32. The molecule has 7 heteroatoms. The number of H-pyrrole nitrogens is 1. The number of unbranched alkanes of at least 4 members (excludes halogenated alkanes) is 1. The second-order valence-corrected chi connectivity index (χ2v) is 6.89. The molecule has 1 amide bonds. The highest BCUT2D eigenvalue weighted by Gasteiger charge is 2.14. The second-order valence-electron chi connectivity index (χ2n) is 5.43. The molecule has 1 aromatic rings. The molecule has 0 bridgehead atoms. The molecule has 23 heavy (non-hydrogen) atoms. The van der Waals surface area contributed by atoms with Crippen molar-refractivity contribution in [3.8, 4) is 5.75 Å². The minimum Gasteiger partial charge on any atom is -0.488 e. The van der Waals surface area contributed by atoms with Gasteiger partial charge < -0.3 is 14.6 Å². The summed E-state index contributed by atoms with van der Waals surface area (Å²) in [6.45, 7) is 5.17. The molecule has 1 rings (SSSR count). The summed E-state index contributed by atoms with van der Waals surface area (Å²) in [7, 11) is 0.370. The van der Waals surface area contributed by atoms with Crippen molar-refractivity contribution in [3.05, 3.63) is 28.2 Å². The van der Waals surface area contributed by atoms with Crippen molar-refractivity contribution in [2.45, 2.75) is 38.9 Å². The molecule has 1 unspecified atom stereocenters. The third kappa shape index (κ3) is 6.99. The van der Waals surface area contributed by atoms with Crippen molar-refractivity contribution in [1.29, 1.82) is 0 Å². The zero-order valence-corrected chi connectivity index (χ0v) is 14.9. The molecule has 0 aliphatic heterocycles. The van der Waals surface area contributed by atoms with Gasteiger partial charge in [0.05, 0.1) is 12.4 Å². The molecule has 0 saturated carbocycles. The summed E-state index contributed by atoms with van der Waals surface area (Å²) in [5.74, 6) is 0.242. The fourth-order valence-electron chi connectivity index (χ4n) is 1.90. The average molecular weight is 342 g/mol. The molecule has 0 spiro atoms. The van der Waals surface area contributed by atoms with Crippen molar-refractivity contribution in [2.24, 2.45) is 0 Å². The molecule has 0 radical (unpaired) electrons. The zero-order valence-electron chi connectivity index (χ0n) is 14.1. The standard InChI is InChI=1S/C16H26N2O4S/c1-4-6-7-18(3)16(20)12-23(21)11-13-9-14(19)15(10-17-13)22-8-5-2/h9-10H,4-8,11-12H2,1-3H3,(H,17,19). The lowest BCUT2D eigenvalue weighted by molar-refractivity contribution is -0.127. The molecule has 0 aliphatic carbocycles. The molecule has 0 saturated heterocycles. The Morgan fingerprint density at radius 2 is 2.09 bits per heavy atom. The van der Waals surface area contributed by atoms with Crippen LogP contribution in [0.25, 0.3) is 0 Å².